The van der Waals surface area contributed by atoms with Gasteiger partial charge < -0.3 is 15.1 Å². The minimum absolute atomic E-state index is 0.0146. The number of likely N-dealkylation sites (tertiary alicyclic amines) is 1. The van der Waals surface area contributed by atoms with Crippen LogP contribution in [-0.4, -0.2) is 58.8 Å². The molecule has 1 aromatic carbocycles. The zero-order valence-electron chi connectivity index (χ0n) is 14.2. The zero-order chi connectivity index (χ0) is 17.6. The van der Waals surface area contributed by atoms with Crippen molar-refractivity contribution in [2.24, 2.45) is 0 Å². The number of piperidine rings is 1. The maximum atomic E-state index is 12.4. The summed E-state index contributed by atoms with van der Waals surface area (Å²) in [5.41, 5.74) is 1.63. The molecule has 2 aliphatic heterocycles. The van der Waals surface area contributed by atoms with Crippen LogP contribution in [0.25, 0.3) is 0 Å². The summed E-state index contributed by atoms with van der Waals surface area (Å²) in [7, 11) is 0. The first kappa shape index (κ1) is 17.8. The molecule has 3 amide bonds. The van der Waals surface area contributed by atoms with Gasteiger partial charge in [-0.3, -0.25) is 14.4 Å². The van der Waals surface area contributed by atoms with Gasteiger partial charge in [-0.05, 0) is 37.0 Å². The first-order valence-electron chi connectivity index (χ1n) is 8.64. The molecular weight excluding hydrogens is 338 g/mol. The zero-order valence-corrected chi connectivity index (χ0v) is 15.0. The summed E-state index contributed by atoms with van der Waals surface area (Å²) >= 11 is 1.52. The smallest absolute Gasteiger partial charge is 0.253 e. The van der Waals surface area contributed by atoms with Gasteiger partial charge in [0.1, 0.15) is 6.54 Å². The number of hydrogen-bond acceptors (Lipinski definition) is 4. The number of thioether (sulfide) groups is 1. The van der Waals surface area contributed by atoms with Crippen LogP contribution in [0.1, 0.15) is 35.2 Å². The molecule has 0 atom stereocenters. The van der Waals surface area contributed by atoms with E-state index in [1.165, 1.54) is 18.2 Å². The van der Waals surface area contributed by atoms with Crippen LogP contribution in [0, 0.1) is 0 Å². The van der Waals surface area contributed by atoms with Crippen molar-refractivity contribution in [3.8, 4) is 0 Å². The molecule has 25 heavy (non-hydrogen) atoms. The lowest BCUT2D eigenvalue weighted by Crippen LogP contribution is -2.37. The van der Waals surface area contributed by atoms with Gasteiger partial charge in [0.15, 0.2) is 0 Å². The summed E-state index contributed by atoms with van der Waals surface area (Å²) in [4.78, 5) is 39.3. The minimum atomic E-state index is -0.163. The Kier molecular flexibility index (Phi) is 5.96. The van der Waals surface area contributed by atoms with Crippen LogP contribution in [0.3, 0.4) is 0 Å². The van der Waals surface area contributed by atoms with Crippen molar-refractivity contribution in [3.63, 3.8) is 0 Å². The van der Waals surface area contributed by atoms with E-state index in [1.807, 2.05) is 29.2 Å². The number of amides is 3. The molecule has 1 aromatic rings. The average molecular weight is 361 g/mol. The number of benzene rings is 1. The van der Waals surface area contributed by atoms with Crippen LogP contribution in [-0.2, 0) is 16.1 Å². The lowest BCUT2D eigenvalue weighted by atomic mass is 10.1. The Labute approximate surface area is 151 Å². The van der Waals surface area contributed by atoms with Crippen molar-refractivity contribution in [3.05, 3.63) is 35.4 Å². The SMILES string of the molecule is O=C(CN1CSCC1=O)NCc1ccc(C(=O)N2CCCCC2)cc1. The molecule has 0 aliphatic carbocycles. The van der Waals surface area contributed by atoms with E-state index in [9.17, 15) is 14.4 Å². The Morgan fingerprint density at radius 1 is 1.08 bits per heavy atom. The van der Waals surface area contributed by atoms with Crippen molar-refractivity contribution < 1.29 is 14.4 Å². The molecule has 2 fully saturated rings. The summed E-state index contributed by atoms with van der Waals surface area (Å²) in [6, 6.07) is 7.38. The molecule has 0 unspecified atom stereocenters. The lowest BCUT2D eigenvalue weighted by Gasteiger charge is -2.26. The Morgan fingerprint density at radius 3 is 2.44 bits per heavy atom. The summed E-state index contributed by atoms with van der Waals surface area (Å²) < 4.78 is 0. The second-order valence-electron chi connectivity index (χ2n) is 6.40. The quantitative estimate of drug-likeness (QED) is 0.862. The number of carbonyl (C=O) groups is 3. The number of hydrogen-bond donors (Lipinski definition) is 1. The predicted molar refractivity (Wildman–Crippen MR) is 97.1 cm³/mol. The molecule has 0 saturated carbocycles. The number of rotatable bonds is 5. The third-order valence-corrected chi connectivity index (χ3v) is 5.44. The topological polar surface area (TPSA) is 69.7 Å². The Hall–Kier alpha value is -2.02. The second kappa shape index (κ2) is 8.38. The van der Waals surface area contributed by atoms with E-state index in [1.54, 1.807) is 4.90 Å². The molecule has 6 nitrogen and oxygen atoms in total. The molecular formula is C18H23N3O3S. The van der Waals surface area contributed by atoms with Gasteiger partial charge in [-0.2, -0.15) is 0 Å². The van der Waals surface area contributed by atoms with Gasteiger partial charge in [0.2, 0.25) is 11.8 Å². The van der Waals surface area contributed by atoms with E-state index in [-0.39, 0.29) is 24.3 Å². The number of carbonyl (C=O) groups excluding carboxylic acids is 3. The van der Waals surface area contributed by atoms with Gasteiger partial charge in [0.25, 0.3) is 5.91 Å². The molecule has 2 heterocycles. The molecule has 134 valence electrons. The highest BCUT2D eigenvalue weighted by molar-refractivity contribution is 8.00. The number of nitrogens with one attached hydrogen (secondary N) is 1. The minimum Gasteiger partial charge on any atom is -0.350 e. The summed E-state index contributed by atoms with van der Waals surface area (Å²) in [6.07, 6.45) is 3.35. The fourth-order valence-corrected chi connectivity index (χ4v) is 3.92. The highest BCUT2D eigenvalue weighted by atomic mass is 32.2. The molecule has 2 aliphatic rings. The van der Waals surface area contributed by atoms with Crippen molar-refractivity contribution in [1.82, 2.24) is 15.1 Å². The van der Waals surface area contributed by atoms with Gasteiger partial charge in [-0.15, -0.1) is 11.8 Å². The van der Waals surface area contributed by atoms with E-state index in [4.69, 9.17) is 0 Å². The summed E-state index contributed by atoms with van der Waals surface area (Å²) in [6.45, 7) is 2.18. The van der Waals surface area contributed by atoms with Crippen LogP contribution in [0.2, 0.25) is 0 Å². The standard InChI is InChI=1S/C18H23N3O3S/c22-16(11-21-13-25-12-17(21)23)19-10-14-4-6-15(7-5-14)18(24)20-8-2-1-3-9-20/h4-7H,1-3,8-13H2,(H,19,22). The van der Waals surface area contributed by atoms with Crippen LogP contribution in [0.5, 0.6) is 0 Å². The monoisotopic (exact) mass is 361 g/mol. The van der Waals surface area contributed by atoms with Crippen molar-refractivity contribution >= 4 is 29.5 Å². The van der Waals surface area contributed by atoms with Gasteiger partial charge in [-0.1, -0.05) is 12.1 Å². The largest absolute Gasteiger partial charge is 0.350 e. The molecule has 3 rings (SSSR count). The van der Waals surface area contributed by atoms with Crippen LogP contribution in [0.15, 0.2) is 24.3 Å². The van der Waals surface area contributed by atoms with E-state index in [0.717, 1.165) is 31.5 Å². The fraction of sp³-hybridized carbons (Fsp3) is 0.500. The van der Waals surface area contributed by atoms with Gasteiger partial charge >= 0.3 is 0 Å². The van der Waals surface area contributed by atoms with Crippen LogP contribution < -0.4 is 5.32 Å². The van der Waals surface area contributed by atoms with Gasteiger partial charge in [0, 0.05) is 25.2 Å². The average Bonchev–Trinajstić information content (AvgIpc) is 3.05. The van der Waals surface area contributed by atoms with E-state index >= 15 is 0 Å². The third-order valence-electron chi connectivity index (χ3n) is 4.49. The predicted octanol–water partition coefficient (Wildman–Crippen LogP) is 1.46. The maximum Gasteiger partial charge on any atom is 0.253 e. The Bertz CT molecular complexity index is 641. The van der Waals surface area contributed by atoms with Crippen molar-refractivity contribution in [2.75, 3.05) is 31.3 Å². The number of nitrogens with zero attached hydrogens (tertiary/aromatic N) is 2. The van der Waals surface area contributed by atoms with Crippen molar-refractivity contribution in [1.29, 1.82) is 0 Å². The van der Waals surface area contributed by atoms with Gasteiger partial charge in [0.05, 0.1) is 11.6 Å². The molecule has 0 aromatic heterocycles. The van der Waals surface area contributed by atoms with E-state index < -0.39 is 0 Å². The molecule has 0 bridgehead atoms. The molecule has 0 spiro atoms. The van der Waals surface area contributed by atoms with Crippen LogP contribution >= 0.6 is 11.8 Å². The molecule has 0 radical (unpaired) electrons. The molecule has 2 saturated heterocycles. The van der Waals surface area contributed by atoms with Crippen molar-refractivity contribution in [2.45, 2.75) is 25.8 Å². The molecule has 7 heteroatoms. The van der Waals surface area contributed by atoms with Crippen LogP contribution in [0.4, 0.5) is 0 Å². The molecule has 1 N–H and O–H groups in total. The maximum absolute atomic E-state index is 12.4. The highest BCUT2D eigenvalue weighted by Gasteiger charge is 2.22. The van der Waals surface area contributed by atoms with E-state index in [0.29, 0.717) is 23.7 Å². The van der Waals surface area contributed by atoms with Gasteiger partial charge in [-0.25, -0.2) is 0 Å². The third kappa shape index (κ3) is 4.75. The summed E-state index contributed by atoms with van der Waals surface area (Å²) in [5.74, 6) is 0.977. The Morgan fingerprint density at radius 2 is 1.80 bits per heavy atom. The fourth-order valence-electron chi connectivity index (χ4n) is 3.01. The summed E-state index contributed by atoms with van der Waals surface area (Å²) in [5, 5.41) is 2.82. The first-order valence-corrected chi connectivity index (χ1v) is 9.79. The highest BCUT2D eigenvalue weighted by Crippen LogP contribution is 2.15. The lowest BCUT2D eigenvalue weighted by molar-refractivity contribution is -0.132. The normalized spacial score (nSPS) is 17.7. The second-order valence-corrected chi connectivity index (χ2v) is 7.35. The Balaban J connectivity index is 1.48. The van der Waals surface area contributed by atoms with E-state index in [2.05, 4.69) is 5.32 Å². The first-order chi connectivity index (χ1) is 12.1.